The van der Waals surface area contributed by atoms with Crippen molar-refractivity contribution in [3.05, 3.63) is 60.7 Å². The molecule has 0 radical (unpaired) electrons. The Balaban J connectivity index is 1.64. The molecule has 158 valence electrons. The van der Waals surface area contributed by atoms with Crippen LogP contribution >= 0.6 is 0 Å². The molecule has 1 fully saturated rings. The van der Waals surface area contributed by atoms with E-state index < -0.39 is 5.97 Å². The lowest BCUT2D eigenvalue weighted by atomic mass is 10.0. The normalized spacial score (nSPS) is 14.2. The number of urea groups is 1. The topological polar surface area (TPSA) is 90.0 Å². The number of benzene rings is 2. The first kappa shape index (κ1) is 21.4. The molecule has 0 aromatic heterocycles. The van der Waals surface area contributed by atoms with Crippen molar-refractivity contribution in [1.29, 1.82) is 0 Å². The molecule has 0 atom stereocenters. The summed E-state index contributed by atoms with van der Waals surface area (Å²) in [6.07, 6.45) is 1.94. The van der Waals surface area contributed by atoms with Crippen LogP contribution in [0.5, 0.6) is 0 Å². The first-order valence-electron chi connectivity index (χ1n) is 10.2. The largest absolute Gasteiger partial charge is 0.481 e. The molecule has 0 bridgehead atoms. The van der Waals surface area contributed by atoms with Crippen LogP contribution in [-0.2, 0) is 9.59 Å². The van der Waals surface area contributed by atoms with Crippen LogP contribution in [0.4, 0.5) is 16.2 Å². The van der Waals surface area contributed by atoms with Crippen LogP contribution in [0, 0.1) is 0 Å². The van der Waals surface area contributed by atoms with Crippen LogP contribution in [-0.4, -0.2) is 47.0 Å². The van der Waals surface area contributed by atoms with Crippen LogP contribution in [0.2, 0.25) is 0 Å². The second-order valence-corrected chi connectivity index (χ2v) is 7.36. The van der Waals surface area contributed by atoms with Gasteiger partial charge in [0.15, 0.2) is 0 Å². The van der Waals surface area contributed by atoms with Crippen molar-refractivity contribution in [3.63, 3.8) is 0 Å². The van der Waals surface area contributed by atoms with E-state index in [0.717, 1.165) is 11.4 Å². The van der Waals surface area contributed by atoms with Crippen molar-refractivity contribution in [2.24, 2.45) is 0 Å². The standard InChI is InChI=1S/C23H27N3O4/c27-21(12-7-13-22(28)29)25-16-14-20(15-17-25)26(19-10-5-2-6-11-19)23(30)24-18-8-3-1-4-9-18/h1-6,8-11,20H,7,12-17H2,(H,24,30)(H,28,29). The Labute approximate surface area is 176 Å². The monoisotopic (exact) mass is 409 g/mol. The molecule has 1 saturated heterocycles. The van der Waals surface area contributed by atoms with Gasteiger partial charge in [-0.15, -0.1) is 0 Å². The molecular weight excluding hydrogens is 382 g/mol. The number of para-hydroxylation sites is 2. The number of carbonyl (C=O) groups excluding carboxylic acids is 2. The van der Waals surface area contributed by atoms with Crippen LogP contribution in [0.3, 0.4) is 0 Å². The molecule has 3 rings (SSSR count). The number of amides is 3. The summed E-state index contributed by atoms with van der Waals surface area (Å²) in [5.41, 5.74) is 1.55. The predicted octanol–water partition coefficient (Wildman–Crippen LogP) is 3.97. The van der Waals surface area contributed by atoms with Crippen LogP contribution in [0.1, 0.15) is 32.1 Å². The summed E-state index contributed by atoms with van der Waals surface area (Å²) in [6, 6.07) is 18.6. The second-order valence-electron chi connectivity index (χ2n) is 7.36. The molecule has 1 aliphatic heterocycles. The minimum Gasteiger partial charge on any atom is -0.481 e. The summed E-state index contributed by atoms with van der Waals surface area (Å²) >= 11 is 0. The summed E-state index contributed by atoms with van der Waals surface area (Å²) in [5.74, 6) is -0.904. The number of carboxylic acid groups (broad SMARTS) is 1. The number of piperidine rings is 1. The number of likely N-dealkylation sites (tertiary alicyclic amines) is 1. The Morgan fingerprint density at radius 1 is 0.933 bits per heavy atom. The first-order valence-corrected chi connectivity index (χ1v) is 10.2. The summed E-state index contributed by atoms with van der Waals surface area (Å²) in [5, 5.41) is 11.7. The molecule has 2 N–H and O–H groups in total. The van der Waals surface area contributed by atoms with E-state index >= 15 is 0 Å². The molecule has 7 heteroatoms. The minimum atomic E-state index is -0.885. The van der Waals surface area contributed by atoms with Crippen molar-refractivity contribution >= 4 is 29.3 Å². The van der Waals surface area contributed by atoms with E-state index in [0.29, 0.717) is 32.4 Å². The van der Waals surface area contributed by atoms with E-state index in [1.165, 1.54) is 0 Å². The van der Waals surface area contributed by atoms with E-state index in [9.17, 15) is 14.4 Å². The lowest BCUT2D eigenvalue weighted by molar-refractivity contribution is -0.137. The van der Waals surface area contributed by atoms with Gasteiger partial charge < -0.3 is 15.3 Å². The Bertz CT molecular complexity index is 849. The van der Waals surface area contributed by atoms with Gasteiger partial charge in [0.2, 0.25) is 5.91 Å². The number of nitrogens with one attached hydrogen (secondary N) is 1. The number of carboxylic acids is 1. The molecule has 0 unspecified atom stereocenters. The maximum atomic E-state index is 13.1. The van der Waals surface area contributed by atoms with Gasteiger partial charge in [0.05, 0.1) is 0 Å². The summed E-state index contributed by atoms with van der Waals surface area (Å²) in [7, 11) is 0. The Morgan fingerprint density at radius 3 is 2.13 bits per heavy atom. The fourth-order valence-electron chi connectivity index (χ4n) is 3.71. The number of anilines is 2. The smallest absolute Gasteiger partial charge is 0.326 e. The van der Waals surface area contributed by atoms with Gasteiger partial charge in [0.1, 0.15) is 0 Å². The summed E-state index contributed by atoms with van der Waals surface area (Å²) < 4.78 is 0. The third kappa shape index (κ3) is 5.83. The highest BCUT2D eigenvalue weighted by atomic mass is 16.4. The molecule has 1 heterocycles. The number of aliphatic carboxylic acids is 1. The fourth-order valence-corrected chi connectivity index (χ4v) is 3.71. The third-order valence-corrected chi connectivity index (χ3v) is 5.24. The van der Waals surface area contributed by atoms with Gasteiger partial charge in [-0.05, 0) is 43.5 Å². The van der Waals surface area contributed by atoms with Gasteiger partial charge in [-0.1, -0.05) is 36.4 Å². The van der Waals surface area contributed by atoms with E-state index in [4.69, 9.17) is 5.11 Å². The molecule has 1 aliphatic rings. The molecular formula is C23H27N3O4. The van der Waals surface area contributed by atoms with E-state index in [1.54, 1.807) is 9.80 Å². The van der Waals surface area contributed by atoms with Gasteiger partial charge in [-0.25, -0.2) is 4.79 Å². The zero-order chi connectivity index (χ0) is 21.3. The van der Waals surface area contributed by atoms with Crippen LogP contribution < -0.4 is 10.2 Å². The van der Waals surface area contributed by atoms with Crippen molar-refractivity contribution in [3.8, 4) is 0 Å². The van der Waals surface area contributed by atoms with Gasteiger partial charge in [-0.3, -0.25) is 14.5 Å². The van der Waals surface area contributed by atoms with E-state index in [-0.39, 0.29) is 30.8 Å². The summed E-state index contributed by atoms with van der Waals surface area (Å²) in [4.78, 5) is 39.6. The van der Waals surface area contributed by atoms with E-state index in [2.05, 4.69) is 5.32 Å². The minimum absolute atomic E-state index is 0.00362. The number of carbonyl (C=O) groups is 3. The molecule has 3 amide bonds. The average molecular weight is 409 g/mol. The Kier molecular flexibility index (Phi) is 7.43. The maximum absolute atomic E-state index is 13.1. The molecule has 7 nitrogen and oxygen atoms in total. The van der Waals surface area contributed by atoms with Crippen molar-refractivity contribution in [2.45, 2.75) is 38.1 Å². The maximum Gasteiger partial charge on any atom is 0.326 e. The quantitative estimate of drug-likeness (QED) is 0.724. The SMILES string of the molecule is O=C(O)CCCC(=O)N1CCC(N(C(=O)Nc2ccccc2)c2ccccc2)CC1. The number of hydrogen-bond acceptors (Lipinski definition) is 3. The fraction of sp³-hybridized carbons (Fsp3) is 0.348. The van der Waals surface area contributed by atoms with Crippen molar-refractivity contribution in [2.75, 3.05) is 23.3 Å². The van der Waals surface area contributed by atoms with Crippen molar-refractivity contribution < 1.29 is 19.5 Å². The molecule has 0 spiro atoms. The number of rotatable bonds is 7. The molecule has 2 aromatic carbocycles. The summed E-state index contributed by atoms with van der Waals surface area (Å²) in [6.45, 7) is 1.11. The highest BCUT2D eigenvalue weighted by Gasteiger charge is 2.30. The third-order valence-electron chi connectivity index (χ3n) is 5.24. The highest BCUT2D eigenvalue weighted by Crippen LogP contribution is 2.25. The molecule has 30 heavy (non-hydrogen) atoms. The lowest BCUT2D eigenvalue weighted by Crippen LogP contribution is -2.50. The van der Waals surface area contributed by atoms with Gasteiger partial charge >= 0.3 is 12.0 Å². The zero-order valence-corrected chi connectivity index (χ0v) is 16.9. The molecule has 2 aromatic rings. The van der Waals surface area contributed by atoms with Crippen LogP contribution in [0.15, 0.2) is 60.7 Å². The van der Waals surface area contributed by atoms with Gasteiger partial charge in [-0.2, -0.15) is 0 Å². The predicted molar refractivity (Wildman–Crippen MR) is 115 cm³/mol. The van der Waals surface area contributed by atoms with Gasteiger partial charge in [0.25, 0.3) is 0 Å². The Hall–Kier alpha value is -3.35. The lowest BCUT2D eigenvalue weighted by Gasteiger charge is -2.38. The number of nitrogens with zero attached hydrogens (tertiary/aromatic N) is 2. The van der Waals surface area contributed by atoms with Crippen molar-refractivity contribution in [1.82, 2.24) is 4.90 Å². The average Bonchev–Trinajstić information content (AvgIpc) is 2.75. The molecule has 0 aliphatic carbocycles. The molecule has 0 saturated carbocycles. The van der Waals surface area contributed by atoms with Gasteiger partial charge in [0, 0.05) is 43.3 Å². The second kappa shape index (κ2) is 10.4. The zero-order valence-electron chi connectivity index (χ0n) is 16.9. The number of hydrogen-bond donors (Lipinski definition) is 2. The van der Waals surface area contributed by atoms with Crippen LogP contribution in [0.25, 0.3) is 0 Å². The highest BCUT2D eigenvalue weighted by molar-refractivity contribution is 6.02. The first-order chi connectivity index (χ1) is 14.5. The van der Waals surface area contributed by atoms with E-state index in [1.807, 2.05) is 60.7 Å². The Morgan fingerprint density at radius 2 is 1.53 bits per heavy atom.